The van der Waals surface area contributed by atoms with Gasteiger partial charge in [0.05, 0.1) is 5.69 Å². The van der Waals surface area contributed by atoms with Crippen molar-refractivity contribution in [2.75, 3.05) is 16.8 Å². The molecule has 7 nitrogen and oxygen atoms in total. The molecule has 0 atom stereocenters. The monoisotopic (exact) mass is 432 g/mol. The number of anilines is 2. The zero-order valence-electron chi connectivity index (χ0n) is 17.0. The third kappa shape index (κ3) is 5.78. The normalized spacial score (nSPS) is 10.8. The third-order valence-electron chi connectivity index (χ3n) is 4.19. The third-order valence-corrected chi connectivity index (χ3v) is 5.07. The van der Waals surface area contributed by atoms with E-state index in [-0.39, 0.29) is 11.5 Å². The average Bonchev–Trinajstić information content (AvgIpc) is 3.22. The number of carbonyl (C=O) groups excluding carboxylic acids is 2. The van der Waals surface area contributed by atoms with Gasteiger partial charge in [-0.1, -0.05) is 18.2 Å². The molecular weight excluding hydrogens is 412 g/mol. The van der Waals surface area contributed by atoms with E-state index in [0.29, 0.717) is 34.6 Å². The summed E-state index contributed by atoms with van der Waals surface area (Å²) in [5.41, 5.74) is 0.879. The zero-order valence-corrected chi connectivity index (χ0v) is 17.8. The Bertz CT molecular complexity index is 1130. The topological polar surface area (TPSA) is 95.3 Å². The predicted octanol–water partition coefficient (Wildman–Crippen LogP) is 4.85. The van der Waals surface area contributed by atoms with Crippen molar-refractivity contribution >= 4 is 40.0 Å². The lowest BCUT2D eigenvalue weighted by Gasteiger charge is -2.14. The first-order valence-corrected chi connectivity index (χ1v) is 10.4. The Kier molecular flexibility index (Phi) is 7.14. The van der Waals surface area contributed by atoms with Crippen LogP contribution in [0.1, 0.15) is 19.5 Å². The lowest BCUT2D eigenvalue weighted by atomic mass is 10.2. The van der Waals surface area contributed by atoms with Gasteiger partial charge in [-0.25, -0.2) is 4.98 Å². The summed E-state index contributed by atoms with van der Waals surface area (Å²) in [4.78, 5) is 30.0. The fourth-order valence-corrected chi connectivity index (χ4v) is 3.57. The van der Waals surface area contributed by atoms with Crippen LogP contribution in [0.5, 0.6) is 11.5 Å². The first-order valence-electron chi connectivity index (χ1n) is 9.50. The van der Waals surface area contributed by atoms with E-state index in [1.54, 1.807) is 29.6 Å². The number of nitriles is 1. The molecule has 1 heterocycles. The fraction of sp³-hybridized carbons (Fsp3) is 0.130. The van der Waals surface area contributed by atoms with E-state index in [0.717, 1.165) is 0 Å². The second-order valence-corrected chi connectivity index (χ2v) is 7.22. The number of amides is 2. The molecule has 8 heteroatoms. The summed E-state index contributed by atoms with van der Waals surface area (Å²) in [7, 11) is 0. The number of carbonyl (C=O) groups is 2. The van der Waals surface area contributed by atoms with Gasteiger partial charge in [0.25, 0.3) is 5.91 Å². The average molecular weight is 433 g/mol. The van der Waals surface area contributed by atoms with Crippen molar-refractivity contribution in [2.24, 2.45) is 0 Å². The minimum Gasteiger partial charge on any atom is -0.457 e. The maximum atomic E-state index is 12.5. The number of nitrogens with zero attached hydrogens (tertiary/aromatic N) is 3. The smallest absolute Gasteiger partial charge is 0.266 e. The van der Waals surface area contributed by atoms with Crippen LogP contribution in [0.25, 0.3) is 6.08 Å². The SMILES string of the molecule is CCN(C(C)=O)c1nc(/C=C(\C#N)C(=O)Nc2ccc(Oc3ccccc3)cc2)cs1. The standard InChI is InChI=1S/C23H20N4O3S/c1-3-27(16(2)28)23-26-19(15-31-23)13-17(14-24)22(29)25-18-9-11-21(12-10-18)30-20-7-5-4-6-8-20/h4-13,15H,3H2,1-2H3,(H,25,29)/b17-13+. The van der Waals surface area contributed by atoms with Crippen molar-refractivity contribution in [1.29, 1.82) is 5.26 Å². The van der Waals surface area contributed by atoms with Gasteiger partial charge in [0.15, 0.2) is 5.13 Å². The highest BCUT2D eigenvalue weighted by molar-refractivity contribution is 7.14. The Morgan fingerprint density at radius 2 is 1.84 bits per heavy atom. The number of ether oxygens (including phenoxy) is 1. The largest absolute Gasteiger partial charge is 0.457 e. The molecule has 31 heavy (non-hydrogen) atoms. The zero-order chi connectivity index (χ0) is 22.2. The quantitative estimate of drug-likeness (QED) is 0.425. The molecule has 0 fully saturated rings. The summed E-state index contributed by atoms with van der Waals surface area (Å²) < 4.78 is 5.72. The van der Waals surface area contributed by atoms with Crippen LogP contribution in [0.2, 0.25) is 0 Å². The molecule has 156 valence electrons. The second-order valence-electron chi connectivity index (χ2n) is 6.38. The molecule has 0 spiro atoms. The molecule has 2 aromatic carbocycles. The van der Waals surface area contributed by atoms with Crippen LogP contribution in [0.4, 0.5) is 10.8 Å². The highest BCUT2D eigenvalue weighted by atomic mass is 32.1. The van der Waals surface area contributed by atoms with Crippen molar-refractivity contribution in [1.82, 2.24) is 4.98 Å². The van der Waals surface area contributed by atoms with Gasteiger partial charge in [-0.3, -0.25) is 14.5 Å². The molecule has 0 aliphatic carbocycles. The molecule has 3 rings (SSSR count). The van der Waals surface area contributed by atoms with Gasteiger partial charge in [0.2, 0.25) is 5.91 Å². The molecule has 1 N–H and O–H groups in total. The summed E-state index contributed by atoms with van der Waals surface area (Å²) in [6, 6.07) is 18.1. The van der Waals surface area contributed by atoms with Gasteiger partial charge in [-0.2, -0.15) is 5.26 Å². The lowest BCUT2D eigenvalue weighted by Crippen LogP contribution is -2.27. The number of nitrogens with one attached hydrogen (secondary N) is 1. The molecule has 0 saturated carbocycles. The molecule has 0 aliphatic rings. The first-order chi connectivity index (χ1) is 15.0. The lowest BCUT2D eigenvalue weighted by molar-refractivity contribution is -0.116. The summed E-state index contributed by atoms with van der Waals surface area (Å²) >= 11 is 1.28. The van der Waals surface area contributed by atoms with E-state index in [1.165, 1.54) is 29.2 Å². The van der Waals surface area contributed by atoms with Crippen molar-refractivity contribution in [3.8, 4) is 17.6 Å². The number of aromatic nitrogens is 1. The van der Waals surface area contributed by atoms with Crippen LogP contribution < -0.4 is 15.0 Å². The first kappa shape index (κ1) is 21.7. The highest BCUT2D eigenvalue weighted by Gasteiger charge is 2.15. The van der Waals surface area contributed by atoms with E-state index in [1.807, 2.05) is 43.3 Å². The van der Waals surface area contributed by atoms with E-state index in [2.05, 4.69) is 10.3 Å². The number of thiazole rings is 1. The molecule has 0 aliphatic heterocycles. The highest BCUT2D eigenvalue weighted by Crippen LogP contribution is 2.24. The van der Waals surface area contributed by atoms with Gasteiger partial charge in [-0.15, -0.1) is 11.3 Å². The van der Waals surface area contributed by atoms with E-state index in [4.69, 9.17) is 4.74 Å². The molecule has 0 unspecified atom stereocenters. The minimum atomic E-state index is -0.548. The van der Waals surface area contributed by atoms with Gasteiger partial charge in [-0.05, 0) is 49.4 Å². The molecule has 1 aromatic heterocycles. The Hall–Kier alpha value is -3.96. The Labute approximate surface area is 184 Å². The summed E-state index contributed by atoms with van der Waals surface area (Å²) in [6.45, 7) is 3.80. The van der Waals surface area contributed by atoms with Crippen molar-refractivity contribution < 1.29 is 14.3 Å². The van der Waals surface area contributed by atoms with Crippen molar-refractivity contribution in [3.05, 3.63) is 71.2 Å². The Morgan fingerprint density at radius 1 is 1.16 bits per heavy atom. The second kappa shape index (κ2) is 10.2. The van der Waals surface area contributed by atoms with Crippen LogP contribution in [0.15, 0.2) is 65.6 Å². The summed E-state index contributed by atoms with van der Waals surface area (Å²) in [5.74, 6) is 0.669. The molecule has 0 bridgehead atoms. The number of hydrogen-bond acceptors (Lipinski definition) is 6. The van der Waals surface area contributed by atoms with Crippen LogP contribution in [0.3, 0.4) is 0 Å². The maximum Gasteiger partial charge on any atom is 0.266 e. The van der Waals surface area contributed by atoms with Crippen LogP contribution >= 0.6 is 11.3 Å². The van der Waals surface area contributed by atoms with E-state index >= 15 is 0 Å². The van der Waals surface area contributed by atoms with Crippen LogP contribution in [0, 0.1) is 11.3 Å². The van der Waals surface area contributed by atoms with Gasteiger partial charge in [0.1, 0.15) is 23.1 Å². The molecular formula is C23H20N4O3S. The van der Waals surface area contributed by atoms with Crippen molar-refractivity contribution in [2.45, 2.75) is 13.8 Å². The molecule has 3 aromatic rings. The molecule has 2 amide bonds. The maximum absolute atomic E-state index is 12.5. The number of para-hydroxylation sites is 1. The Morgan fingerprint density at radius 3 is 2.45 bits per heavy atom. The Balaban J connectivity index is 1.68. The van der Waals surface area contributed by atoms with Crippen LogP contribution in [-0.4, -0.2) is 23.3 Å². The summed E-state index contributed by atoms with van der Waals surface area (Å²) in [5, 5.41) is 14.3. The number of rotatable bonds is 7. The fourth-order valence-electron chi connectivity index (χ4n) is 2.68. The van der Waals surface area contributed by atoms with Gasteiger partial charge in [0, 0.05) is 24.5 Å². The van der Waals surface area contributed by atoms with Gasteiger partial charge < -0.3 is 10.1 Å². The van der Waals surface area contributed by atoms with Crippen molar-refractivity contribution in [3.63, 3.8) is 0 Å². The van der Waals surface area contributed by atoms with Crippen LogP contribution in [-0.2, 0) is 9.59 Å². The summed E-state index contributed by atoms with van der Waals surface area (Å²) in [6.07, 6.45) is 1.40. The van der Waals surface area contributed by atoms with Gasteiger partial charge >= 0.3 is 0 Å². The minimum absolute atomic E-state index is 0.0904. The number of hydrogen-bond donors (Lipinski definition) is 1. The number of benzene rings is 2. The van der Waals surface area contributed by atoms with E-state index < -0.39 is 5.91 Å². The van der Waals surface area contributed by atoms with E-state index in [9.17, 15) is 14.9 Å². The molecule has 0 radical (unpaired) electrons. The predicted molar refractivity (Wildman–Crippen MR) is 121 cm³/mol. The molecule has 0 saturated heterocycles.